The van der Waals surface area contributed by atoms with E-state index >= 15 is 0 Å². The maximum Gasteiger partial charge on any atom is 0.206 e. The van der Waals surface area contributed by atoms with Crippen LogP contribution in [0.15, 0.2) is 41.3 Å². The Morgan fingerprint density at radius 2 is 1.80 bits per heavy atom. The maximum atomic E-state index is 13.2. The van der Waals surface area contributed by atoms with Crippen LogP contribution in [0.5, 0.6) is 11.5 Å². The van der Waals surface area contributed by atoms with Gasteiger partial charge in [-0.15, -0.1) is 0 Å². The molecule has 0 atom stereocenters. The Labute approximate surface area is 182 Å². The highest BCUT2D eigenvalue weighted by molar-refractivity contribution is 7.97. The molecule has 0 aliphatic rings. The Bertz CT molecular complexity index is 1110. The average molecular weight is 448 g/mol. The van der Waals surface area contributed by atoms with Crippen molar-refractivity contribution in [3.05, 3.63) is 52.6 Å². The number of rotatable bonds is 7. The molecule has 0 saturated carbocycles. The second kappa shape index (κ2) is 9.41. The minimum Gasteiger partial charge on any atom is -0.493 e. The van der Waals surface area contributed by atoms with E-state index in [0.29, 0.717) is 22.1 Å². The molecule has 3 aromatic rings. The highest BCUT2D eigenvalue weighted by Gasteiger charge is 2.17. The van der Waals surface area contributed by atoms with E-state index in [1.807, 2.05) is 30.5 Å². The molecule has 30 heavy (non-hydrogen) atoms. The van der Waals surface area contributed by atoms with Gasteiger partial charge in [-0.05, 0) is 68.0 Å². The second-order valence-corrected chi connectivity index (χ2v) is 8.80. The molecule has 0 radical (unpaired) electrons. The molecule has 0 aliphatic heterocycles. The molecule has 0 spiro atoms. The highest BCUT2D eigenvalue weighted by Crippen LogP contribution is 2.36. The lowest BCUT2D eigenvalue weighted by Gasteiger charge is -2.17. The lowest BCUT2D eigenvalue weighted by molar-refractivity contribution is 0.353. The fourth-order valence-corrected chi connectivity index (χ4v) is 4.36. The normalized spacial score (nSPS) is 11.0. The molecule has 0 fully saturated rings. The second-order valence-electron chi connectivity index (χ2n) is 6.47. The van der Waals surface area contributed by atoms with E-state index in [2.05, 4.69) is 5.10 Å². The summed E-state index contributed by atoms with van der Waals surface area (Å²) in [6, 6.07) is 9.65. The van der Waals surface area contributed by atoms with Crippen LogP contribution in [0.4, 0.5) is 4.39 Å². The lowest BCUT2D eigenvalue weighted by Crippen LogP contribution is -2.25. The van der Waals surface area contributed by atoms with E-state index in [9.17, 15) is 4.39 Å². The van der Waals surface area contributed by atoms with Gasteiger partial charge in [0.25, 0.3) is 0 Å². The lowest BCUT2D eigenvalue weighted by atomic mass is 10.1. The summed E-state index contributed by atoms with van der Waals surface area (Å²) in [7, 11) is 7.01. The molecule has 1 aromatic heterocycles. The van der Waals surface area contributed by atoms with Crippen molar-refractivity contribution in [3.63, 3.8) is 0 Å². The molecular formula is C20H22FN5O2S2. The van der Waals surface area contributed by atoms with Gasteiger partial charge in [-0.2, -0.15) is 9.78 Å². The predicted octanol–water partition coefficient (Wildman–Crippen LogP) is 3.88. The van der Waals surface area contributed by atoms with Gasteiger partial charge >= 0.3 is 0 Å². The molecule has 0 bridgehead atoms. The van der Waals surface area contributed by atoms with Crippen molar-refractivity contribution < 1.29 is 13.9 Å². The molecule has 7 nitrogen and oxygen atoms in total. The van der Waals surface area contributed by atoms with Gasteiger partial charge in [0.1, 0.15) is 16.7 Å². The number of ether oxygens (including phenoxy) is 2. The summed E-state index contributed by atoms with van der Waals surface area (Å²) in [6.45, 7) is 0. The third-order valence-electron chi connectivity index (χ3n) is 4.13. The van der Waals surface area contributed by atoms with Gasteiger partial charge in [-0.25, -0.2) is 4.39 Å². The number of halogens is 1. The van der Waals surface area contributed by atoms with E-state index < -0.39 is 0 Å². The first-order valence-corrected chi connectivity index (χ1v) is 10.5. The van der Waals surface area contributed by atoms with Crippen LogP contribution in [0.1, 0.15) is 5.56 Å². The van der Waals surface area contributed by atoms with Gasteiger partial charge in [-0.3, -0.25) is 15.1 Å². The number of hydrogen-bond donors (Lipinski definition) is 2. The van der Waals surface area contributed by atoms with Crippen molar-refractivity contribution in [1.82, 2.24) is 14.1 Å². The zero-order valence-electron chi connectivity index (χ0n) is 17.0. The Hall–Kier alpha value is -2.69. The van der Waals surface area contributed by atoms with Crippen molar-refractivity contribution in [2.75, 3.05) is 28.3 Å². The molecule has 0 aliphatic carbocycles. The fourth-order valence-electron chi connectivity index (χ4n) is 2.76. The predicted molar refractivity (Wildman–Crippen MR) is 117 cm³/mol. The van der Waals surface area contributed by atoms with E-state index in [1.54, 1.807) is 26.4 Å². The fraction of sp³-hybridized carbons (Fsp3) is 0.250. The average Bonchev–Trinajstić information content (AvgIpc) is 3.10. The van der Waals surface area contributed by atoms with Crippen LogP contribution in [-0.4, -0.2) is 48.2 Å². The van der Waals surface area contributed by atoms with E-state index in [0.717, 1.165) is 21.8 Å². The molecule has 3 rings (SSSR count). The zero-order chi connectivity index (χ0) is 21.8. The summed E-state index contributed by atoms with van der Waals surface area (Å²) in [5.41, 5.74) is 1.57. The summed E-state index contributed by atoms with van der Waals surface area (Å²) in [5, 5.41) is 21.7. The van der Waals surface area contributed by atoms with Gasteiger partial charge in [0.15, 0.2) is 11.5 Å². The minimum absolute atomic E-state index is 0.126. The van der Waals surface area contributed by atoms with Crippen LogP contribution in [0.2, 0.25) is 0 Å². The van der Waals surface area contributed by atoms with Gasteiger partial charge in [0, 0.05) is 16.9 Å². The van der Waals surface area contributed by atoms with Gasteiger partial charge in [0.05, 0.1) is 14.2 Å². The molecule has 10 heteroatoms. The summed E-state index contributed by atoms with van der Waals surface area (Å²) in [4.78, 5) is 1.05. The van der Waals surface area contributed by atoms with Crippen molar-refractivity contribution >= 4 is 29.1 Å². The number of methoxy groups -OCH3 is 2. The molecule has 2 aromatic carbocycles. The van der Waals surface area contributed by atoms with Crippen molar-refractivity contribution in [2.24, 2.45) is 0 Å². The maximum absolute atomic E-state index is 13.2. The number of nitrogens with one attached hydrogen (secondary N) is 2. The first-order chi connectivity index (χ1) is 14.3. The standard InChI is InChI=1S/C20H22FN5O2S2/c1-25(2)30-17-11-16(28-4)15(27-3)9-13(17)10-18(22)26-20(23)29-19(24-26)12-5-7-14(21)8-6-12/h5-9,11,22-23H,10H2,1-4H3. The van der Waals surface area contributed by atoms with Crippen LogP contribution < -0.4 is 14.3 Å². The molecule has 2 N–H and O–H groups in total. The number of benzene rings is 2. The molecule has 158 valence electrons. The van der Waals surface area contributed by atoms with E-state index in [1.165, 1.54) is 28.8 Å². The quantitative estimate of drug-likeness (QED) is 0.326. The van der Waals surface area contributed by atoms with Crippen LogP contribution in [0.25, 0.3) is 10.6 Å². The monoisotopic (exact) mass is 447 g/mol. The summed E-state index contributed by atoms with van der Waals surface area (Å²) in [5.74, 6) is 1.00. The summed E-state index contributed by atoms with van der Waals surface area (Å²) >= 11 is 2.65. The SMILES string of the molecule is COc1cc(CC(=N)n2nc(-c3ccc(F)cc3)sc2=N)c(SN(C)C)cc1OC. The summed E-state index contributed by atoms with van der Waals surface area (Å²) < 4.78 is 27.2. The van der Waals surface area contributed by atoms with Crippen LogP contribution in [-0.2, 0) is 6.42 Å². The molecule has 0 unspecified atom stereocenters. The molecule has 0 amide bonds. The third-order valence-corrected chi connectivity index (χ3v) is 5.95. The zero-order valence-corrected chi connectivity index (χ0v) is 18.7. The van der Waals surface area contributed by atoms with E-state index in [-0.39, 0.29) is 22.9 Å². The Kier molecular flexibility index (Phi) is 6.91. The van der Waals surface area contributed by atoms with Gasteiger partial charge in [0.2, 0.25) is 4.80 Å². The Balaban J connectivity index is 1.93. The summed E-state index contributed by atoms with van der Waals surface area (Å²) in [6.07, 6.45) is 0.250. The largest absolute Gasteiger partial charge is 0.493 e. The van der Waals surface area contributed by atoms with Crippen molar-refractivity contribution in [1.29, 1.82) is 10.8 Å². The molecular weight excluding hydrogens is 425 g/mol. The van der Waals surface area contributed by atoms with Gasteiger partial charge < -0.3 is 9.47 Å². The topological polar surface area (TPSA) is 87.2 Å². The van der Waals surface area contributed by atoms with Crippen LogP contribution >= 0.6 is 23.3 Å². The van der Waals surface area contributed by atoms with Crippen LogP contribution in [0, 0.1) is 16.6 Å². The van der Waals surface area contributed by atoms with Crippen LogP contribution in [0.3, 0.4) is 0 Å². The Morgan fingerprint density at radius 3 is 2.40 bits per heavy atom. The smallest absolute Gasteiger partial charge is 0.206 e. The highest BCUT2D eigenvalue weighted by atomic mass is 32.2. The Morgan fingerprint density at radius 1 is 1.17 bits per heavy atom. The molecule has 0 saturated heterocycles. The van der Waals surface area contributed by atoms with Crippen molar-refractivity contribution in [3.8, 4) is 22.1 Å². The number of aromatic nitrogens is 2. The number of hydrogen-bond acceptors (Lipinski definition) is 8. The van der Waals surface area contributed by atoms with Crippen molar-refractivity contribution in [2.45, 2.75) is 11.3 Å². The minimum atomic E-state index is -0.332. The number of nitrogens with zero attached hydrogens (tertiary/aromatic N) is 3. The third kappa shape index (κ3) is 4.89. The van der Waals surface area contributed by atoms with E-state index in [4.69, 9.17) is 20.3 Å². The van der Waals surface area contributed by atoms with Gasteiger partial charge in [-0.1, -0.05) is 11.3 Å². The molecule has 1 heterocycles. The first-order valence-electron chi connectivity index (χ1n) is 8.91. The first kappa shape index (κ1) is 22.0.